The van der Waals surface area contributed by atoms with Crippen LogP contribution in [0.2, 0.25) is 5.02 Å². The first-order valence-electron chi connectivity index (χ1n) is 7.89. The van der Waals surface area contributed by atoms with Crippen LogP contribution >= 0.6 is 11.6 Å². The molecule has 0 saturated heterocycles. The summed E-state index contributed by atoms with van der Waals surface area (Å²) in [4.78, 5) is 14.6. The standard InChI is InChI=1S/C18H13ClF3N3O2/c19-14-10-15(16(25(26)27)9-13(14)18(20,21)22)23-8-6-12-4-1-3-11-5-2-7-24-17(11)12/h1-5,7,9-10,23H,6,8H2. The van der Waals surface area contributed by atoms with Gasteiger partial charge in [0.15, 0.2) is 0 Å². The summed E-state index contributed by atoms with van der Waals surface area (Å²) in [5.74, 6) is 0. The summed E-state index contributed by atoms with van der Waals surface area (Å²) >= 11 is 5.67. The Labute approximate surface area is 156 Å². The van der Waals surface area contributed by atoms with E-state index in [9.17, 15) is 23.3 Å². The Hall–Kier alpha value is -2.87. The molecule has 2 aromatic carbocycles. The van der Waals surface area contributed by atoms with Gasteiger partial charge in [-0.05, 0) is 24.1 Å². The van der Waals surface area contributed by atoms with E-state index in [1.807, 2.05) is 30.3 Å². The number of pyridine rings is 1. The van der Waals surface area contributed by atoms with Gasteiger partial charge in [0.05, 0.1) is 21.0 Å². The molecule has 0 unspecified atom stereocenters. The van der Waals surface area contributed by atoms with E-state index in [0.29, 0.717) is 12.5 Å². The molecule has 0 amide bonds. The van der Waals surface area contributed by atoms with Gasteiger partial charge in [0.25, 0.3) is 5.69 Å². The lowest BCUT2D eigenvalue weighted by Crippen LogP contribution is -2.11. The number of halogens is 4. The van der Waals surface area contributed by atoms with Gasteiger partial charge < -0.3 is 5.32 Å². The number of nitrogens with zero attached hydrogens (tertiary/aromatic N) is 2. The molecule has 140 valence electrons. The van der Waals surface area contributed by atoms with Crippen LogP contribution in [0.15, 0.2) is 48.7 Å². The van der Waals surface area contributed by atoms with Crippen LogP contribution in [-0.4, -0.2) is 16.5 Å². The predicted molar refractivity (Wildman–Crippen MR) is 97.0 cm³/mol. The largest absolute Gasteiger partial charge is 0.418 e. The van der Waals surface area contributed by atoms with Crippen molar-refractivity contribution in [2.45, 2.75) is 12.6 Å². The summed E-state index contributed by atoms with van der Waals surface area (Å²) < 4.78 is 38.7. The number of nitro groups is 1. The van der Waals surface area contributed by atoms with Gasteiger partial charge in [-0.3, -0.25) is 15.1 Å². The van der Waals surface area contributed by atoms with Crippen LogP contribution in [0.1, 0.15) is 11.1 Å². The van der Waals surface area contributed by atoms with E-state index < -0.39 is 27.4 Å². The summed E-state index contributed by atoms with van der Waals surface area (Å²) in [5.41, 5.74) is -0.253. The van der Waals surface area contributed by atoms with Crippen molar-refractivity contribution in [1.29, 1.82) is 0 Å². The van der Waals surface area contributed by atoms with Crippen LogP contribution in [0.4, 0.5) is 24.5 Å². The van der Waals surface area contributed by atoms with Crippen molar-refractivity contribution in [3.05, 3.63) is 74.9 Å². The second-order valence-electron chi connectivity index (χ2n) is 5.77. The molecule has 0 atom stereocenters. The first-order valence-corrected chi connectivity index (χ1v) is 8.27. The Morgan fingerprint density at radius 3 is 2.63 bits per heavy atom. The zero-order valence-corrected chi connectivity index (χ0v) is 14.5. The van der Waals surface area contributed by atoms with Gasteiger partial charge in [0.1, 0.15) is 5.69 Å². The number of benzene rings is 2. The fraction of sp³-hybridized carbons (Fsp3) is 0.167. The molecular weight excluding hydrogens is 383 g/mol. The molecular formula is C18H13ClF3N3O2. The second-order valence-corrected chi connectivity index (χ2v) is 6.18. The molecule has 27 heavy (non-hydrogen) atoms. The molecule has 0 fully saturated rings. The molecule has 3 rings (SSSR count). The first-order chi connectivity index (χ1) is 12.8. The molecule has 3 aromatic rings. The average Bonchev–Trinajstić information content (AvgIpc) is 2.60. The third kappa shape index (κ3) is 4.11. The smallest absolute Gasteiger partial charge is 0.379 e. The summed E-state index contributed by atoms with van der Waals surface area (Å²) in [6.07, 6.45) is -2.63. The first kappa shape index (κ1) is 18.9. The molecule has 0 aliphatic rings. The molecule has 0 bridgehead atoms. The van der Waals surface area contributed by atoms with E-state index in [-0.39, 0.29) is 12.2 Å². The normalized spacial score (nSPS) is 11.6. The van der Waals surface area contributed by atoms with Gasteiger partial charge in [-0.15, -0.1) is 0 Å². The third-order valence-electron chi connectivity index (χ3n) is 4.01. The number of nitrogens with one attached hydrogen (secondary N) is 1. The monoisotopic (exact) mass is 395 g/mol. The number of aromatic nitrogens is 1. The van der Waals surface area contributed by atoms with Crippen molar-refractivity contribution in [2.75, 3.05) is 11.9 Å². The van der Waals surface area contributed by atoms with Crippen molar-refractivity contribution < 1.29 is 18.1 Å². The number of alkyl halides is 3. The van der Waals surface area contributed by atoms with Gasteiger partial charge in [-0.1, -0.05) is 35.9 Å². The second kappa shape index (κ2) is 7.40. The van der Waals surface area contributed by atoms with E-state index >= 15 is 0 Å². The minimum atomic E-state index is -4.77. The Bertz CT molecular complexity index is 1000. The average molecular weight is 396 g/mol. The van der Waals surface area contributed by atoms with Crippen molar-refractivity contribution >= 4 is 33.9 Å². The van der Waals surface area contributed by atoms with Crippen LogP contribution < -0.4 is 5.32 Å². The van der Waals surface area contributed by atoms with Crippen LogP contribution in [0.3, 0.4) is 0 Å². The van der Waals surface area contributed by atoms with E-state index in [1.54, 1.807) is 6.20 Å². The predicted octanol–water partition coefficient (Wildman–Crippen LogP) is 5.47. The number of hydrogen-bond acceptors (Lipinski definition) is 4. The summed E-state index contributed by atoms with van der Waals surface area (Å²) in [5, 5.41) is 14.3. The highest BCUT2D eigenvalue weighted by atomic mass is 35.5. The molecule has 5 nitrogen and oxygen atoms in total. The minimum absolute atomic E-state index is 0.0637. The SMILES string of the molecule is O=[N+]([O-])c1cc(C(F)(F)F)c(Cl)cc1NCCc1cccc2cccnc12. The fourth-order valence-corrected chi connectivity index (χ4v) is 3.04. The highest BCUT2D eigenvalue weighted by Gasteiger charge is 2.36. The molecule has 1 aromatic heterocycles. The summed E-state index contributed by atoms with van der Waals surface area (Å²) in [7, 11) is 0. The van der Waals surface area contributed by atoms with Crippen LogP contribution in [-0.2, 0) is 12.6 Å². The van der Waals surface area contributed by atoms with E-state index in [0.717, 1.165) is 22.5 Å². The van der Waals surface area contributed by atoms with Crippen LogP contribution in [0.25, 0.3) is 10.9 Å². The van der Waals surface area contributed by atoms with Gasteiger partial charge in [-0.2, -0.15) is 13.2 Å². The molecule has 0 aliphatic heterocycles. The Kier molecular flexibility index (Phi) is 5.18. The molecule has 0 spiro atoms. The zero-order chi connectivity index (χ0) is 19.6. The molecule has 0 radical (unpaired) electrons. The highest BCUT2D eigenvalue weighted by Crippen LogP contribution is 2.40. The zero-order valence-electron chi connectivity index (χ0n) is 13.8. The Balaban J connectivity index is 1.83. The van der Waals surface area contributed by atoms with Crippen LogP contribution in [0, 0.1) is 10.1 Å². The maximum atomic E-state index is 12.9. The van der Waals surface area contributed by atoms with Gasteiger partial charge >= 0.3 is 6.18 Å². The maximum absolute atomic E-state index is 12.9. The Morgan fingerprint density at radius 1 is 1.19 bits per heavy atom. The van der Waals surface area contributed by atoms with Crippen molar-refractivity contribution in [2.24, 2.45) is 0 Å². The van der Waals surface area contributed by atoms with Crippen LogP contribution in [0.5, 0.6) is 0 Å². The summed E-state index contributed by atoms with van der Waals surface area (Å²) in [6.45, 7) is 0.262. The molecule has 1 heterocycles. The number of rotatable bonds is 5. The molecule has 9 heteroatoms. The van der Waals surface area contributed by atoms with E-state index in [4.69, 9.17) is 11.6 Å². The van der Waals surface area contributed by atoms with E-state index in [2.05, 4.69) is 10.3 Å². The van der Waals surface area contributed by atoms with Crippen molar-refractivity contribution in [3.63, 3.8) is 0 Å². The number of anilines is 1. The Morgan fingerprint density at radius 2 is 1.93 bits per heavy atom. The number of para-hydroxylation sites is 1. The van der Waals surface area contributed by atoms with Crippen molar-refractivity contribution in [3.8, 4) is 0 Å². The number of nitro benzene ring substituents is 1. The quantitative estimate of drug-likeness (QED) is 0.459. The topological polar surface area (TPSA) is 68.1 Å². The lowest BCUT2D eigenvalue weighted by Gasteiger charge is -2.13. The van der Waals surface area contributed by atoms with Crippen molar-refractivity contribution in [1.82, 2.24) is 4.98 Å². The molecule has 0 aliphatic carbocycles. The summed E-state index contributed by atoms with van der Waals surface area (Å²) in [6, 6.07) is 10.8. The maximum Gasteiger partial charge on any atom is 0.418 e. The highest BCUT2D eigenvalue weighted by molar-refractivity contribution is 6.31. The van der Waals surface area contributed by atoms with Gasteiger partial charge in [-0.25, -0.2) is 0 Å². The molecule has 0 saturated carbocycles. The lowest BCUT2D eigenvalue weighted by atomic mass is 10.1. The van der Waals surface area contributed by atoms with Gasteiger partial charge in [0, 0.05) is 24.2 Å². The number of hydrogen-bond donors (Lipinski definition) is 1. The fourth-order valence-electron chi connectivity index (χ4n) is 2.77. The van der Waals surface area contributed by atoms with E-state index in [1.165, 1.54) is 0 Å². The minimum Gasteiger partial charge on any atom is -0.379 e. The van der Waals surface area contributed by atoms with Gasteiger partial charge in [0.2, 0.25) is 0 Å². The third-order valence-corrected chi connectivity index (χ3v) is 4.33. The lowest BCUT2D eigenvalue weighted by molar-refractivity contribution is -0.384. The number of fused-ring (bicyclic) bond motifs is 1. The molecule has 1 N–H and O–H groups in total.